The van der Waals surface area contributed by atoms with Crippen molar-refractivity contribution in [3.8, 4) is 0 Å². The molecule has 0 fully saturated rings. The smallest absolute Gasteiger partial charge is 0.191 e. The molecule has 6 heteroatoms. The van der Waals surface area contributed by atoms with E-state index < -0.39 is 0 Å². The van der Waals surface area contributed by atoms with E-state index in [9.17, 15) is 4.39 Å². The van der Waals surface area contributed by atoms with Crippen LogP contribution in [0, 0.1) is 5.82 Å². The number of aliphatic imine (C=N–C) groups is 1. The molecular formula is C15H20BrFIN3. The fourth-order valence-corrected chi connectivity index (χ4v) is 2.45. The zero-order valence-corrected chi connectivity index (χ0v) is 15.8. The lowest BCUT2D eigenvalue weighted by Gasteiger charge is -2.16. The fraction of sp³-hybridized carbons (Fsp3) is 0.400. The topological polar surface area (TPSA) is 36.4 Å². The molecule has 0 bridgehead atoms. The summed E-state index contributed by atoms with van der Waals surface area (Å²) in [4.78, 5) is 4.52. The zero-order valence-electron chi connectivity index (χ0n) is 11.9. The summed E-state index contributed by atoms with van der Waals surface area (Å²) in [5.74, 6) is 0.536. The second-order valence-electron chi connectivity index (χ2n) is 4.71. The number of hydrogen-bond acceptors (Lipinski definition) is 1. The van der Waals surface area contributed by atoms with Gasteiger partial charge in [-0.05, 0) is 43.5 Å². The van der Waals surface area contributed by atoms with E-state index in [1.807, 2.05) is 6.92 Å². The molecule has 0 saturated carbocycles. The van der Waals surface area contributed by atoms with Crippen LogP contribution in [0.25, 0.3) is 0 Å². The predicted molar refractivity (Wildman–Crippen MR) is 99.6 cm³/mol. The van der Waals surface area contributed by atoms with Crippen molar-refractivity contribution in [1.29, 1.82) is 0 Å². The van der Waals surface area contributed by atoms with E-state index in [1.54, 1.807) is 6.07 Å². The van der Waals surface area contributed by atoms with Crippen LogP contribution in [0.4, 0.5) is 4.39 Å². The van der Waals surface area contributed by atoms with Crippen LogP contribution in [0.15, 0.2) is 39.8 Å². The van der Waals surface area contributed by atoms with Crippen molar-refractivity contribution in [3.05, 3.63) is 46.2 Å². The average molecular weight is 468 g/mol. The number of rotatable bonds is 4. The number of halogens is 3. The molecule has 0 saturated heterocycles. The van der Waals surface area contributed by atoms with Crippen LogP contribution in [0.5, 0.6) is 0 Å². The Morgan fingerprint density at radius 3 is 2.76 bits per heavy atom. The molecule has 0 spiro atoms. The molecule has 0 heterocycles. The van der Waals surface area contributed by atoms with Gasteiger partial charge in [0.25, 0.3) is 0 Å². The second-order valence-corrected chi connectivity index (χ2v) is 5.57. The molecule has 0 unspecified atom stereocenters. The molecule has 1 aromatic carbocycles. The average Bonchev–Trinajstić information content (AvgIpc) is 2.93. The van der Waals surface area contributed by atoms with Gasteiger partial charge in [0.2, 0.25) is 0 Å². The maximum atomic E-state index is 13.2. The van der Waals surface area contributed by atoms with E-state index in [1.165, 1.54) is 12.1 Å². The first-order valence-corrected chi connectivity index (χ1v) is 7.62. The standard InChI is InChI=1S/C15H19BrFN3.HI/c1-2-18-15(20-13-5-3-4-6-13)19-10-11-9-12(17)7-8-14(11)16;/h3-4,7-9,13H,2,5-6,10H2,1H3,(H2,18,19,20);1H. The van der Waals surface area contributed by atoms with E-state index in [0.29, 0.717) is 12.6 Å². The van der Waals surface area contributed by atoms with Crippen LogP contribution in [0.1, 0.15) is 25.3 Å². The Balaban J connectivity index is 0.00000220. The SMILES string of the molecule is CCNC(=NCc1cc(F)ccc1Br)NC1CC=CC1.I. The molecule has 116 valence electrons. The van der Waals surface area contributed by atoms with E-state index in [2.05, 4.69) is 43.7 Å². The summed E-state index contributed by atoms with van der Waals surface area (Å²) < 4.78 is 14.1. The van der Waals surface area contributed by atoms with Gasteiger partial charge in [-0.15, -0.1) is 24.0 Å². The van der Waals surface area contributed by atoms with E-state index in [0.717, 1.165) is 35.4 Å². The van der Waals surface area contributed by atoms with Gasteiger partial charge in [-0.25, -0.2) is 9.38 Å². The monoisotopic (exact) mass is 467 g/mol. The van der Waals surface area contributed by atoms with Gasteiger partial charge in [-0.3, -0.25) is 0 Å². The summed E-state index contributed by atoms with van der Waals surface area (Å²) in [6.45, 7) is 3.27. The van der Waals surface area contributed by atoms with Crippen LogP contribution in [-0.2, 0) is 6.54 Å². The Morgan fingerprint density at radius 2 is 2.10 bits per heavy atom. The molecule has 2 N–H and O–H groups in total. The molecule has 3 nitrogen and oxygen atoms in total. The molecular weight excluding hydrogens is 448 g/mol. The highest BCUT2D eigenvalue weighted by atomic mass is 127. The lowest BCUT2D eigenvalue weighted by atomic mass is 10.2. The lowest BCUT2D eigenvalue weighted by Crippen LogP contribution is -2.42. The first kappa shape index (κ1) is 18.4. The minimum atomic E-state index is -0.239. The molecule has 0 atom stereocenters. The van der Waals surface area contributed by atoms with Crippen LogP contribution in [-0.4, -0.2) is 18.5 Å². The van der Waals surface area contributed by atoms with E-state index >= 15 is 0 Å². The van der Waals surface area contributed by atoms with Crippen molar-refractivity contribution in [3.63, 3.8) is 0 Å². The second kappa shape index (κ2) is 9.40. The summed E-state index contributed by atoms with van der Waals surface area (Å²) in [5.41, 5.74) is 0.840. The van der Waals surface area contributed by atoms with Gasteiger partial charge in [0.15, 0.2) is 5.96 Å². The summed E-state index contributed by atoms with van der Waals surface area (Å²) in [6.07, 6.45) is 6.39. The lowest BCUT2D eigenvalue weighted by molar-refractivity contribution is 0.623. The third kappa shape index (κ3) is 5.94. The molecule has 1 aliphatic carbocycles. The summed E-state index contributed by atoms with van der Waals surface area (Å²) in [7, 11) is 0. The van der Waals surface area contributed by atoms with Crippen LogP contribution >= 0.6 is 39.9 Å². The maximum Gasteiger partial charge on any atom is 0.191 e. The van der Waals surface area contributed by atoms with Crippen molar-refractivity contribution in [2.24, 2.45) is 4.99 Å². The molecule has 2 rings (SSSR count). The molecule has 1 aromatic rings. The molecule has 0 aromatic heterocycles. The van der Waals surface area contributed by atoms with Gasteiger partial charge in [0.1, 0.15) is 5.82 Å². The number of benzene rings is 1. The highest BCUT2D eigenvalue weighted by Crippen LogP contribution is 2.18. The van der Waals surface area contributed by atoms with Crippen LogP contribution in [0.3, 0.4) is 0 Å². The highest BCUT2D eigenvalue weighted by Gasteiger charge is 2.11. The van der Waals surface area contributed by atoms with Crippen molar-refractivity contribution < 1.29 is 4.39 Å². The number of nitrogens with one attached hydrogen (secondary N) is 2. The van der Waals surface area contributed by atoms with Gasteiger partial charge in [-0.2, -0.15) is 0 Å². The molecule has 0 aliphatic heterocycles. The third-order valence-corrected chi connectivity index (χ3v) is 3.88. The Bertz CT molecular complexity index is 512. The van der Waals surface area contributed by atoms with Crippen molar-refractivity contribution in [2.45, 2.75) is 32.4 Å². The fourth-order valence-electron chi connectivity index (χ4n) is 2.08. The Labute approximate surface area is 150 Å². The summed E-state index contributed by atoms with van der Waals surface area (Å²) in [5, 5.41) is 6.60. The minimum absolute atomic E-state index is 0. The molecule has 0 amide bonds. The van der Waals surface area contributed by atoms with Gasteiger partial charge >= 0.3 is 0 Å². The van der Waals surface area contributed by atoms with Gasteiger partial charge < -0.3 is 10.6 Å². The normalized spacial score (nSPS) is 14.9. The number of hydrogen-bond donors (Lipinski definition) is 2. The summed E-state index contributed by atoms with van der Waals surface area (Å²) in [6, 6.07) is 5.06. The van der Waals surface area contributed by atoms with Gasteiger partial charge in [-0.1, -0.05) is 28.1 Å². The van der Waals surface area contributed by atoms with Crippen molar-refractivity contribution >= 4 is 45.9 Å². The Hall–Kier alpha value is -0.630. The highest BCUT2D eigenvalue weighted by molar-refractivity contribution is 14.0. The van der Waals surface area contributed by atoms with Gasteiger partial charge in [0.05, 0.1) is 6.54 Å². The Morgan fingerprint density at radius 1 is 1.38 bits per heavy atom. The quantitative estimate of drug-likeness (QED) is 0.304. The maximum absolute atomic E-state index is 13.2. The largest absolute Gasteiger partial charge is 0.357 e. The van der Waals surface area contributed by atoms with Crippen molar-refractivity contribution in [1.82, 2.24) is 10.6 Å². The number of guanidine groups is 1. The molecule has 1 aliphatic rings. The Kier molecular flexibility index (Phi) is 8.24. The number of nitrogens with zero attached hydrogens (tertiary/aromatic N) is 1. The predicted octanol–water partition coefficient (Wildman–Crippen LogP) is 3.98. The minimum Gasteiger partial charge on any atom is -0.357 e. The van der Waals surface area contributed by atoms with Crippen molar-refractivity contribution in [2.75, 3.05) is 6.54 Å². The third-order valence-electron chi connectivity index (χ3n) is 3.11. The zero-order chi connectivity index (χ0) is 14.4. The van der Waals surface area contributed by atoms with E-state index in [-0.39, 0.29) is 29.8 Å². The van der Waals surface area contributed by atoms with E-state index in [4.69, 9.17) is 0 Å². The summed E-state index contributed by atoms with van der Waals surface area (Å²) >= 11 is 3.42. The first-order chi connectivity index (χ1) is 9.69. The molecule has 21 heavy (non-hydrogen) atoms. The molecule has 0 radical (unpaired) electrons. The van der Waals surface area contributed by atoms with Gasteiger partial charge in [0, 0.05) is 17.1 Å². The first-order valence-electron chi connectivity index (χ1n) is 6.83. The van der Waals surface area contributed by atoms with Crippen LogP contribution < -0.4 is 10.6 Å². The van der Waals surface area contributed by atoms with Crippen LogP contribution in [0.2, 0.25) is 0 Å².